The zero-order valence-corrected chi connectivity index (χ0v) is 18.1. The molecular weight excluding hydrogens is 378 g/mol. The lowest BCUT2D eigenvalue weighted by Gasteiger charge is -2.45. The van der Waals surface area contributed by atoms with Crippen molar-refractivity contribution in [2.24, 2.45) is 10.8 Å². The first-order valence-electron chi connectivity index (χ1n) is 9.45. The molecule has 3 aliphatic rings. The van der Waals surface area contributed by atoms with E-state index in [0.717, 1.165) is 12.8 Å². The summed E-state index contributed by atoms with van der Waals surface area (Å²) in [5, 5.41) is 0. The SMILES string of the molecule is CCC1(C)COP(=O)(N2CCN(P3(=O)OCC(C)(CC)CO3)CC2)OC1. The smallest absolute Gasteiger partial charge is 0.296 e. The van der Waals surface area contributed by atoms with E-state index in [4.69, 9.17) is 18.1 Å². The number of rotatable bonds is 4. The van der Waals surface area contributed by atoms with Crippen LogP contribution in [-0.4, -0.2) is 61.9 Å². The summed E-state index contributed by atoms with van der Waals surface area (Å²) < 4.78 is 52.2. The van der Waals surface area contributed by atoms with Crippen LogP contribution in [0.15, 0.2) is 0 Å². The molecule has 0 amide bonds. The number of piperazine rings is 1. The van der Waals surface area contributed by atoms with E-state index in [2.05, 4.69) is 27.7 Å². The Balaban J connectivity index is 1.55. The van der Waals surface area contributed by atoms with E-state index in [1.54, 1.807) is 9.34 Å². The van der Waals surface area contributed by atoms with Crippen molar-refractivity contribution in [2.45, 2.75) is 40.5 Å². The molecule has 0 aromatic carbocycles. The topological polar surface area (TPSA) is 77.5 Å². The third-order valence-electron chi connectivity index (χ3n) is 5.94. The fraction of sp³-hybridized carbons (Fsp3) is 1.00. The molecule has 3 rings (SSSR count). The molecule has 3 saturated heterocycles. The lowest BCUT2D eigenvalue weighted by atomic mass is 9.90. The Labute approximate surface area is 156 Å². The van der Waals surface area contributed by atoms with E-state index in [0.29, 0.717) is 52.6 Å². The average Bonchev–Trinajstić information content (AvgIpc) is 2.67. The molecule has 152 valence electrons. The van der Waals surface area contributed by atoms with Crippen molar-refractivity contribution in [3.8, 4) is 0 Å². The summed E-state index contributed by atoms with van der Waals surface area (Å²) in [5.74, 6) is 0. The molecule has 0 saturated carbocycles. The largest absolute Gasteiger partial charge is 0.408 e. The van der Waals surface area contributed by atoms with Crippen LogP contribution in [0, 0.1) is 10.8 Å². The quantitative estimate of drug-likeness (QED) is 0.649. The minimum absolute atomic E-state index is 0.0873. The van der Waals surface area contributed by atoms with E-state index < -0.39 is 15.5 Å². The number of nitrogens with zero attached hydrogens (tertiary/aromatic N) is 2. The predicted molar refractivity (Wildman–Crippen MR) is 99.0 cm³/mol. The highest BCUT2D eigenvalue weighted by Gasteiger charge is 2.48. The summed E-state index contributed by atoms with van der Waals surface area (Å²) in [6.45, 7) is 11.8. The molecule has 3 fully saturated rings. The maximum Gasteiger partial charge on any atom is 0.408 e. The van der Waals surface area contributed by atoms with Crippen molar-refractivity contribution < 1.29 is 27.2 Å². The highest BCUT2D eigenvalue weighted by atomic mass is 31.2. The summed E-state index contributed by atoms with van der Waals surface area (Å²) >= 11 is 0. The molecule has 0 spiro atoms. The minimum Gasteiger partial charge on any atom is -0.296 e. The summed E-state index contributed by atoms with van der Waals surface area (Å²) in [4.78, 5) is 0. The number of hydrogen-bond acceptors (Lipinski definition) is 6. The summed E-state index contributed by atoms with van der Waals surface area (Å²) in [7, 11) is -6.52. The second kappa shape index (κ2) is 7.57. The van der Waals surface area contributed by atoms with Gasteiger partial charge in [-0.1, -0.05) is 27.7 Å². The van der Waals surface area contributed by atoms with Gasteiger partial charge in [-0.2, -0.15) is 0 Å². The Morgan fingerprint density at radius 3 is 1.19 bits per heavy atom. The minimum atomic E-state index is -3.26. The van der Waals surface area contributed by atoms with Crippen LogP contribution in [0.25, 0.3) is 0 Å². The van der Waals surface area contributed by atoms with Crippen molar-refractivity contribution in [1.29, 1.82) is 0 Å². The van der Waals surface area contributed by atoms with Gasteiger partial charge in [0.1, 0.15) is 0 Å². The Morgan fingerprint density at radius 1 is 0.692 bits per heavy atom. The Morgan fingerprint density at radius 2 is 0.962 bits per heavy atom. The maximum atomic E-state index is 13.0. The monoisotopic (exact) mass is 410 g/mol. The molecule has 0 radical (unpaired) electrons. The fourth-order valence-electron chi connectivity index (χ4n) is 3.02. The maximum absolute atomic E-state index is 13.0. The van der Waals surface area contributed by atoms with Gasteiger partial charge in [-0.3, -0.25) is 18.1 Å². The lowest BCUT2D eigenvalue weighted by Crippen LogP contribution is -2.47. The lowest BCUT2D eigenvalue weighted by molar-refractivity contribution is -0.00537. The Hall–Kier alpha value is 0.220. The van der Waals surface area contributed by atoms with Gasteiger partial charge in [-0.25, -0.2) is 18.5 Å². The number of hydrogen-bond donors (Lipinski definition) is 0. The Kier molecular flexibility index (Phi) is 6.09. The fourth-order valence-corrected chi connectivity index (χ4v) is 7.06. The third kappa shape index (κ3) is 4.13. The van der Waals surface area contributed by atoms with Crippen LogP contribution in [0.3, 0.4) is 0 Å². The zero-order chi connectivity index (χ0) is 19.1. The standard InChI is InChI=1S/C16H32N2O6P2/c1-5-15(3)11-21-25(19,22-12-15)17-7-9-18(10-8-17)26(20)23-13-16(4,6-2)14-24-26/h5-14H2,1-4H3. The summed E-state index contributed by atoms with van der Waals surface area (Å²) in [6, 6.07) is 0. The second-order valence-corrected chi connectivity index (χ2v) is 12.3. The average molecular weight is 410 g/mol. The second-order valence-electron chi connectivity index (χ2n) is 8.27. The predicted octanol–water partition coefficient (Wildman–Crippen LogP) is 3.75. The molecule has 8 nitrogen and oxygen atoms in total. The molecule has 0 aliphatic carbocycles. The Bertz CT molecular complexity index is 532. The van der Waals surface area contributed by atoms with Crippen molar-refractivity contribution in [3.05, 3.63) is 0 Å². The molecule has 0 bridgehead atoms. The highest BCUT2D eigenvalue weighted by Crippen LogP contribution is 2.60. The van der Waals surface area contributed by atoms with Crippen molar-refractivity contribution in [3.63, 3.8) is 0 Å². The van der Waals surface area contributed by atoms with Crippen LogP contribution in [0.1, 0.15) is 40.5 Å². The first kappa shape index (κ1) is 20.9. The first-order chi connectivity index (χ1) is 12.2. The molecule has 0 N–H and O–H groups in total. The molecule has 0 atom stereocenters. The molecular formula is C16H32N2O6P2. The van der Waals surface area contributed by atoms with E-state index in [1.165, 1.54) is 0 Å². The van der Waals surface area contributed by atoms with Crippen LogP contribution in [0.5, 0.6) is 0 Å². The molecule has 26 heavy (non-hydrogen) atoms. The van der Waals surface area contributed by atoms with Crippen LogP contribution in [0.2, 0.25) is 0 Å². The molecule has 0 aromatic heterocycles. The van der Waals surface area contributed by atoms with Gasteiger partial charge in [0.05, 0.1) is 26.4 Å². The first-order valence-corrected chi connectivity index (χ1v) is 12.4. The zero-order valence-electron chi connectivity index (χ0n) is 16.3. The van der Waals surface area contributed by atoms with Gasteiger partial charge >= 0.3 is 15.5 Å². The summed E-state index contributed by atoms with van der Waals surface area (Å²) in [5.41, 5.74) is -0.175. The molecule has 0 aromatic rings. The molecule has 10 heteroatoms. The normalized spacial score (nSPS) is 46.3. The summed E-state index contributed by atoms with van der Waals surface area (Å²) in [6.07, 6.45) is 1.82. The van der Waals surface area contributed by atoms with Gasteiger partial charge in [0.2, 0.25) is 0 Å². The van der Waals surface area contributed by atoms with Crippen LogP contribution in [0.4, 0.5) is 0 Å². The van der Waals surface area contributed by atoms with Crippen molar-refractivity contribution >= 4 is 15.5 Å². The van der Waals surface area contributed by atoms with Gasteiger partial charge in [0, 0.05) is 37.0 Å². The van der Waals surface area contributed by atoms with Gasteiger partial charge < -0.3 is 0 Å². The van der Waals surface area contributed by atoms with E-state index in [1.807, 2.05) is 0 Å². The van der Waals surface area contributed by atoms with E-state index in [-0.39, 0.29) is 10.8 Å². The van der Waals surface area contributed by atoms with E-state index >= 15 is 0 Å². The third-order valence-corrected chi connectivity index (χ3v) is 9.94. The van der Waals surface area contributed by atoms with Gasteiger partial charge in [-0.05, 0) is 12.8 Å². The molecule has 3 heterocycles. The van der Waals surface area contributed by atoms with E-state index in [9.17, 15) is 9.13 Å². The molecule has 3 aliphatic heterocycles. The molecule has 0 unspecified atom stereocenters. The van der Waals surface area contributed by atoms with Gasteiger partial charge in [-0.15, -0.1) is 0 Å². The van der Waals surface area contributed by atoms with Crippen LogP contribution >= 0.6 is 15.5 Å². The van der Waals surface area contributed by atoms with Crippen LogP contribution in [-0.2, 0) is 27.2 Å². The van der Waals surface area contributed by atoms with Crippen molar-refractivity contribution in [1.82, 2.24) is 9.34 Å². The van der Waals surface area contributed by atoms with Crippen LogP contribution < -0.4 is 0 Å². The highest BCUT2D eigenvalue weighted by molar-refractivity contribution is 7.51. The van der Waals surface area contributed by atoms with Gasteiger partial charge in [0.25, 0.3) is 0 Å². The van der Waals surface area contributed by atoms with Crippen molar-refractivity contribution in [2.75, 3.05) is 52.6 Å². The van der Waals surface area contributed by atoms with Gasteiger partial charge in [0.15, 0.2) is 0 Å².